The summed E-state index contributed by atoms with van der Waals surface area (Å²) in [5.41, 5.74) is 0.614. The van der Waals surface area contributed by atoms with Crippen LogP contribution in [0.4, 0.5) is 5.69 Å². The molecule has 7 heteroatoms. The van der Waals surface area contributed by atoms with Gasteiger partial charge < -0.3 is 4.74 Å². The van der Waals surface area contributed by atoms with Gasteiger partial charge in [-0.15, -0.1) is 0 Å². The Morgan fingerprint density at radius 3 is 2.64 bits per heavy atom. The van der Waals surface area contributed by atoms with Crippen molar-refractivity contribution >= 4 is 34.9 Å². The maximum atomic E-state index is 12.1. The van der Waals surface area contributed by atoms with E-state index in [4.69, 9.17) is 27.9 Å². The molecule has 2 aromatic rings. The van der Waals surface area contributed by atoms with E-state index in [-0.39, 0.29) is 17.9 Å². The molecule has 0 saturated carbocycles. The monoisotopic (exact) mass is 339 g/mol. The lowest BCUT2D eigenvalue weighted by Gasteiger charge is -2.08. The molecular weight excluding hydrogens is 329 g/mol. The summed E-state index contributed by atoms with van der Waals surface area (Å²) < 4.78 is 5.11. The third kappa shape index (κ3) is 3.55. The van der Waals surface area contributed by atoms with Gasteiger partial charge >= 0.3 is 5.97 Å². The van der Waals surface area contributed by atoms with Gasteiger partial charge in [0.05, 0.1) is 4.92 Å². The van der Waals surface area contributed by atoms with Crippen molar-refractivity contribution < 1.29 is 14.5 Å². The van der Waals surface area contributed by atoms with Crippen molar-refractivity contribution in [2.75, 3.05) is 0 Å². The normalized spacial score (nSPS) is 10.3. The number of ether oxygens (including phenoxy) is 1. The Morgan fingerprint density at radius 2 is 2.00 bits per heavy atom. The van der Waals surface area contributed by atoms with Gasteiger partial charge in [0.25, 0.3) is 5.69 Å². The fraction of sp³-hybridized carbons (Fsp3) is 0.133. The molecule has 0 aliphatic rings. The molecule has 2 aromatic carbocycles. The van der Waals surface area contributed by atoms with Crippen molar-refractivity contribution in [1.82, 2.24) is 0 Å². The van der Waals surface area contributed by atoms with Gasteiger partial charge in [-0.25, -0.2) is 4.79 Å². The lowest BCUT2D eigenvalue weighted by Crippen LogP contribution is -2.09. The van der Waals surface area contributed by atoms with Crippen molar-refractivity contribution in [3.05, 3.63) is 73.2 Å². The first-order valence-corrected chi connectivity index (χ1v) is 7.01. The predicted octanol–water partition coefficient (Wildman–Crippen LogP) is 4.57. The number of hydrogen-bond acceptors (Lipinski definition) is 4. The Balaban J connectivity index is 2.20. The molecule has 0 radical (unpaired) electrons. The van der Waals surface area contributed by atoms with Crippen LogP contribution in [0.1, 0.15) is 21.5 Å². The third-order valence-corrected chi connectivity index (χ3v) is 3.60. The van der Waals surface area contributed by atoms with E-state index in [0.29, 0.717) is 21.2 Å². The van der Waals surface area contributed by atoms with Gasteiger partial charge in [0.15, 0.2) is 0 Å². The molecule has 114 valence electrons. The lowest BCUT2D eigenvalue weighted by atomic mass is 10.1. The molecule has 0 aliphatic heterocycles. The molecule has 0 heterocycles. The quantitative estimate of drug-likeness (QED) is 0.464. The van der Waals surface area contributed by atoms with Gasteiger partial charge in [-0.3, -0.25) is 10.1 Å². The summed E-state index contributed by atoms with van der Waals surface area (Å²) >= 11 is 11.8. The number of benzene rings is 2. The zero-order valence-corrected chi connectivity index (χ0v) is 13.0. The molecule has 0 N–H and O–H groups in total. The van der Waals surface area contributed by atoms with Crippen molar-refractivity contribution in [3.63, 3.8) is 0 Å². The molecule has 0 atom stereocenters. The van der Waals surface area contributed by atoms with Gasteiger partial charge in [-0.1, -0.05) is 41.4 Å². The first-order chi connectivity index (χ1) is 10.4. The number of aryl methyl sites for hydroxylation is 1. The van der Waals surface area contributed by atoms with E-state index >= 15 is 0 Å². The van der Waals surface area contributed by atoms with Crippen LogP contribution in [0.3, 0.4) is 0 Å². The van der Waals surface area contributed by atoms with Crippen molar-refractivity contribution in [1.29, 1.82) is 0 Å². The summed E-state index contributed by atoms with van der Waals surface area (Å²) in [5.74, 6) is -0.776. The van der Waals surface area contributed by atoms with Gasteiger partial charge in [-0.05, 0) is 25.1 Å². The summed E-state index contributed by atoms with van der Waals surface area (Å²) in [6.45, 7) is 1.46. The van der Waals surface area contributed by atoms with Crippen molar-refractivity contribution in [2.24, 2.45) is 0 Å². The van der Waals surface area contributed by atoms with E-state index < -0.39 is 10.9 Å². The Bertz CT molecular complexity index is 746. The zero-order valence-electron chi connectivity index (χ0n) is 11.5. The number of esters is 1. The second-order valence-electron chi connectivity index (χ2n) is 4.54. The van der Waals surface area contributed by atoms with Crippen LogP contribution >= 0.6 is 23.2 Å². The fourth-order valence-corrected chi connectivity index (χ4v) is 2.39. The number of halogens is 2. The predicted molar refractivity (Wildman–Crippen MR) is 83.4 cm³/mol. The minimum Gasteiger partial charge on any atom is -0.457 e. The first-order valence-electron chi connectivity index (χ1n) is 6.25. The van der Waals surface area contributed by atoms with E-state index in [1.165, 1.54) is 12.1 Å². The van der Waals surface area contributed by atoms with E-state index in [0.717, 1.165) is 0 Å². The molecule has 0 bridgehead atoms. The Kier molecular flexibility index (Phi) is 5.00. The van der Waals surface area contributed by atoms with Crippen molar-refractivity contribution in [3.8, 4) is 0 Å². The minimum absolute atomic E-state index is 0.0879. The number of nitro benzene ring substituents is 1. The van der Waals surface area contributed by atoms with Crippen LogP contribution < -0.4 is 0 Å². The maximum absolute atomic E-state index is 12.1. The van der Waals surface area contributed by atoms with Crippen LogP contribution in [0.25, 0.3) is 0 Å². The summed E-state index contributed by atoms with van der Waals surface area (Å²) in [4.78, 5) is 22.6. The molecule has 0 spiro atoms. The fourth-order valence-electron chi connectivity index (χ4n) is 1.93. The molecule has 2 rings (SSSR count). The second kappa shape index (κ2) is 6.77. The van der Waals surface area contributed by atoms with E-state index in [2.05, 4.69) is 0 Å². The number of nitro groups is 1. The molecule has 0 fully saturated rings. The molecule has 0 aromatic heterocycles. The average molecular weight is 340 g/mol. The molecule has 0 unspecified atom stereocenters. The number of carbonyl (C=O) groups excluding carboxylic acids is 1. The molecule has 5 nitrogen and oxygen atoms in total. The highest BCUT2D eigenvalue weighted by Gasteiger charge is 2.23. The maximum Gasteiger partial charge on any atom is 0.345 e. The SMILES string of the molecule is Cc1cccc(C(=O)OCc2ccc(Cl)cc2Cl)c1[N+](=O)[O-]. The largest absolute Gasteiger partial charge is 0.457 e. The Hall–Kier alpha value is -2.11. The summed E-state index contributed by atoms with van der Waals surface area (Å²) in [6.07, 6.45) is 0. The third-order valence-electron chi connectivity index (χ3n) is 3.01. The van der Waals surface area contributed by atoms with Crippen LogP contribution in [0.5, 0.6) is 0 Å². The smallest absolute Gasteiger partial charge is 0.345 e. The summed E-state index contributed by atoms with van der Waals surface area (Å²) in [6, 6.07) is 9.26. The molecule has 0 aliphatic carbocycles. The highest BCUT2D eigenvalue weighted by Crippen LogP contribution is 2.25. The molecule has 22 heavy (non-hydrogen) atoms. The Morgan fingerprint density at radius 1 is 1.27 bits per heavy atom. The average Bonchev–Trinajstić information content (AvgIpc) is 2.45. The second-order valence-corrected chi connectivity index (χ2v) is 5.38. The zero-order chi connectivity index (χ0) is 16.3. The van der Waals surface area contributed by atoms with Gasteiger partial charge in [0.2, 0.25) is 0 Å². The molecule has 0 amide bonds. The minimum atomic E-state index is -0.776. The number of hydrogen-bond donors (Lipinski definition) is 0. The van der Waals surface area contributed by atoms with Crippen LogP contribution in [0.2, 0.25) is 10.0 Å². The highest BCUT2D eigenvalue weighted by molar-refractivity contribution is 6.35. The number of rotatable bonds is 4. The van der Waals surface area contributed by atoms with E-state index in [9.17, 15) is 14.9 Å². The Labute approximate surface area is 136 Å². The van der Waals surface area contributed by atoms with E-state index in [1.54, 1.807) is 31.2 Å². The van der Waals surface area contributed by atoms with Crippen LogP contribution in [0, 0.1) is 17.0 Å². The van der Waals surface area contributed by atoms with Crippen LogP contribution in [-0.4, -0.2) is 10.9 Å². The summed E-state index contributed by atoms with van der Waals surface area (Å²) in [5, 5.41) is 11.9. The number of carbonyl (C=O) groups is 1. The summed E-state index contributed by atoms with van der Waals surface area (Å²) in [7, 11) is 0. The standard InChI is InChI=1S/C15H11Cl2NO4/c1-9-3-2-4-12(14(9)18(20)21)15(19)22-8-10-5-6-11(16)7-13(10)17/h2-7H,8H2,1H3. The van der Waals surface area contributed by atoms with Crippen molar-refractivity contribution in [2.45, 2.75) is 13.5 Å². The van der Waals surface area contributed by atoms with Crippen LogP contribution in [0.15, 0.2) is 36.4 Å². The number of para-hydroxylation sites is 1. The highest BCUT2D eigenvalue weighted by atomic mass is 35.5. The number of nitrogens with zero attached hydrogens (tertiary/aromatic N) is 1. The van der Waals surface area contributed by atoms with Gasteiger partial charge in [0.1, 0.15) is 12.2 Å². The lowest BCUT2D eigenvalue weighted by molar-refractivity contribution is -0.385. The van der Waals surface area contributed by atoms with Gasteiger partial charge in [-0.2, -0.15) is 0 Å². The van der Waals surface area contributed by atoms with Crippen LogP contribution in [-0.2, 0) is 11.3 Å². The molecule has 0 saturated heterocycles. The molecular formula is C15H11Cl2NO4. The first kappa shape index (κ1) is 16.3. The van der Waals surface area contributed by atoms with E-state index in [1.807, 2.05) is 0 Å². The topological polar surface area (TPSA) is 69.4 Å². The van der Waals surface area contributed by atoms with Gasteiger partial charge in [0, 0.05) is 21.2 Å².